The summed E-state index contributed by atoms with van der Waals surface area (Å²) in [5, 5.41) is 8.56. The smallest absolute Gasteiger partial charge is 0.303 e. The zero-order valence-corrected chi connectivity index (χ0v) is 19.2. The summed E-state index contributed by atoms with van der Waals surface area (Å²) in [5.41, 5.74) is 0. The molecule has 0 aliphatic heterocycles. The second-order valence-corrected chi connectivity index (χ2v) is 7.51. The highest BCUT2D eigenvalue weighted by Crippen LogP contribution is 2.14. The van der Waals surface area contributed by atoms with Gasteiger partial charge in [-0.2, -0.15) is 0 Å². The summed E-state index contributed by atoms with van der Waals surface area (Å²) in [6.45, 7) is 2.28. The molecule has 0 bridgehead atoms. The summed E-state index contributed by atoms with van der Waals surface area (Å²) < 4.78 is 0. The highest BCUT2D eigenvalue weighted by Gasteiger charge is 1.97. The molecule has 0 aromatic carbocycles. The van der Waals surface area contributed by atoms with Crippen molar-refractivity contribution in [1.29, 1.82) is 0 Å². The molecule has 0 unspecified atom stereocenters. The van der Waals surface area contributed by atoms with E-state index in [0.717, 1.165) is 12.8 Å². The lowest BCUT2D eigenvalue weighted by atomic mass is 10.0. The number of hydrogen-bond acceptors (Lipinski definition) is 1. The van der Waals surface area contributed by atoms with Gasteiger partial charge < -0.3 is 5.11 Å². The Morgan fingerprint density at radius 3 is 1.00 bits per heavy atom. The maximum Gasteiger partial charge on any atom is 0.303 e. The van der Waals surface area contributed by atoms with Crippen molar-refractivity contribution in [3.05, 3.63) is 0 Å². The van der Waals surface area contributed by atoms with Crippen molar-refractivity contribution in [1.82, 2.24) is 0 Å². The predicted molar refractivity (Wildman–Crippen MR) is 121 cm³/mol. The van der Waals surface area contributed by atoms with Gasteiger partial charge in [-0.1, -0.05) is 122 Å². The molecule has 0 rings (SSSR count). The lowest BCUT2D eigenvalue weighted by Gasteiger charge is -2.03. The first-order chi connectivity index (χ1) is 11.8. The van der Waals surface area contributed by atoms with Crippen LogP contribution in [0.5, 0.6) is 0 Å². The average Bonchev–Trinajstić information content (AvgIpc) is 2.56. The van der Waals surface area contributed by atoms with Crippen LogP contribution in [0.1, 0.15) is 135 Å². The maximum atomic E-state index is 10.4. The van der Waals surface area contributed by atoms with Crippen molar-refractivity contribution in [2.24, 2.45) is 0 Å². The first kappa shape index (κ1) is 27.4. The van der Waals surface area contributed by atoms with Crippen LogP contribution < -0.4 is 0 Å². The van der Waals surface area contributed by atoms with Gasteiger partial charge in [-0.3, -0.25) is 4.79 Å². The summed E-state index contributed by atoms with van der Waals surface area (Å²) in [7, 11) is 0. The number of carboxylic acids is 1. The minimum Gasteiger partial charge on any atom is -0.481 e. The maximum absolute atomic E-state index is 10.4. The molecule has 1 N–H and O–H groups in total. The normalized spacial score (nSPS) is 10.6. The zero-order valence-electron chi connectivity index (χ0n) is 16.9. The van der Waals surface area contributed by atoms with E-state index in [-0.39, 0.29) is 24.0 Å². The Labute approximate surface area is 175 Å². The molecule has 0 aliphatic carbocycles. The van der Waals surface area contributed by atoms with Crippen LogP contribution in [0, 0.1) is 0 Å². The summed E-state index contributed by atoms with van der Waals surface area (Å²) in [5.74, 6) is -0.651. The fourth-order valence-electron chi connectivity index (χ4n) is 3.35. The van der Waals surface area contributed by atoms with Crippen LogP contribution in [0.3, 0.4) is 0 Å². The monoisotopic (exact) mass is 468 g/mol. The predicted octanol–water partition coefficient (Wildman–Crippen LogP) is 8.51. The minimum absolute atomic E-state index is 0. The molecule has 2 nitrogen and oxygen atoms in total. The van der Waals surface area contributed by atoms with Crippen molar-refractivity contribution in [2.45, 2.75) is 135 Å². The number of rotatable bonds is 20. The summed E-state index contributed by atoms with van der Waals surface area (Å²) in [4.78, 5) is 10.4. The highest BCUT2D eigenvalue weighted by atomic mass is 127. The summed E-state index contributed by atoms with van der Waals surface area (Å²) in [6, 6.07) is 0. The van der Waals surface area contributed by atoms with Gasteiger partial charge in [0.05, 0.1) is 0 Å². The Hall–Kier alpha value is 0.200. The Balaban J connectivity index is 0. The van der Waals surface area contributed by atoms with E-state index >= 15 is 0 Å². The van der Waals surface area contributed by atoms with Crippen molar-refractivity contribution in [3.8, 4) is 0 Å². The van der Waals surface area contributed by atoms with Crippen LogP contribution in [-0.2, 0) is 4.79 Å². The van der Waals surface area contributed by atoms with Crippen LogP contribution >= 0.6 is 24.0 Å². The molecule has 0 saturated carbocycles. The van der Waals surface area contributed by atoms with Crippen molar-refractivity contribution in [3.63, 3.8) is 0 Å². The number of unbranched alkanes of at least 4 members (excludes halogenated alkanes) is 18. The molecule has 25 heavy (non-hydrogen) atoms. The molecule has 3 heteroatoms. The van der Waals surface area contributed by atoms with Crippen molar-refractivity contribution >= 4 is 29.9 Å². The van der Waals surface area contributed by atoms with Crippen LogP contribution in [0.15, 0.2) is 0 Å². The van der Waals surface area contributed by atoms with Gasteiger partial charge in [0.25, 0.3) is 0 Å². The van der Waals surface area contributed by atoms with Crippen LogP contribution in [0.2, 0.25) is 0 Å². The third-order valence-corrected chi connectivity index (χ3v) is 4.99. The SMILES string of the molecule is CCCCCCCCCCCCCCCCCCCCCC(=O)O.I. The topological polar surface area (TPSA) is 37.3 Å². The van der Waals surface area contributed by atoms with Gasteiger partial charge >= 0.3 is 5.97 Å². The fourth-order valence-corrected chi connectivity index (χ4v) is 3.35. The largest absolute Gasteiger partial charge is 0.481 e. The van der Waals surface area contributed by atoms with Gasteiger partial charge in [-0.25, -0.2) is 0 Å². The van der Waals surface area contributed by atoms with E-state index < -0.39 is 5.97 Å². The first-order valence-corrected chi connectivity index (χ1v) is 11.0. The van der Waals surface area contributed by atoms with Crippen LogP contribution in [-0.4, -0.2) is 11.1 Å². The molecule has 0 amide bonds. The molecule has 0 aliphatic rings. The summed E-state index contributed by atoms with van der Waals surface area (Å²) >= 11 is 0. The van der Waals surface area contributed by atoms with E-state index in [4.69, 9.17) is 5.11 Å². The summed E-state index contributed by atoms with van der Waals surface area (Å²) in [6.07, 6.45) is 26.1. The Bertz CT molecular complexity index is 256. The van der Waals surface area contributed by atoms with E-state index in [2.05, 4.69) is 6.92 Å². The third kappa shape index (κ3) is 26.5. The second kappa shape index (κ2) is 24.2. The molecule has 152 valence electrons. The molecule has 0 radical (unpaired) electrons. The molecule has 0 atom stereocenters. The quantitative estimate of drug-likeness (QED) is 0.144. The Morgan fingerprint density at radius 2 is 0.760 bits per heavy atom. The van der Waals surface area contributed by atoms with Gasteiger partial charge in [0.15, 0.2) is 0 Å². The number of aliphatic carboxylic acids is 1. The molecule has 0 aromatic rings. The van der Waals surface area contributed by atoms with Gasteiger partial charge in [0, 0.05) is 6.42 Å². The molecule has 0 saturated heterocycles. The average molecular weight is 469 g/mol. The van der Waals surface area contributed by atoms with Gasteiger partial charge in [0.2, 0.25) is 0 Å². The standard InChI is InChI=1S/C22H44O2.HI/c1-2-3-4-5-6-7-8-9-10-11-12-13-14-15-16-17-18-19-20-21-22(23)24;/h2-21H2,1H3,(H,23,24);1H. The molecular formula is C22H45IO2. The van der Waals surface area contributed by atoms with E-state index in [0.29, 0.717) is 6.42 Å². The van der Waals surface area contributed by atoms with Gasteiger partial charge in [-0.05, 0) is 6.42 Å². The highest BCUT2D eigenvalue weighted by molar-refractivity contribution is 14.0. The second-order valence-electron chi connectivity index (χ2n) is 7.51. The minimum atomic E-state index is -0.651. The number of carbonyl (C=O) groups is 1. The molecular weight excluding hydrogens is 423 g/mol. The number of hydrogen-bond donors (Lipinski definition) is 1. The van der Waals surface area contributed by atoms with E-state index in [1.54, 1.807) is 0 Å². The fraction of sp³-hybridized carbons (Fsp3) is 0.955. The molecule has 0 spiro atoms. The van der Waals surface area contributed by atoms with Gasteiger partial charge in [-0.15, -0.1) is 24.0 Å². The van der Waals surface area contributed by atoms with E-state index in [1.165, 1.54) is 109 Å². The van der Waals surface area contributed by atoms with E-state index in [9.17, 15) is 4.79 Å². The van der Waals surface area contributed by atoms with Crippen LogP contribution in [0.25, 0.3) is 0 Å². The zero-order chi connectivity index (χ0) is 17.7. The Morgan fingerprint density at radius 1 is 0.520 bits per heavy atom. The van der Waals surface area contributed by atoms with Gasteiger partial charge in [0.1, 0.15) is 0 Å². The Kier molecular flexibility index (Phi) is 26.5. The first-order valence-electron chi connectivity index (χ1n) is 11.0. The van der Waals surface area contributed by atoms with Crippen molar-refractivity contribution < 1.29 is 9.90 Å². The van der Waals surface area contributed by atoms with Crippen LogP contribution in [0.4, 0.5) is 0 Å². The lowest BCUT2D eigenvalue weighted by Crippen LogP contribution is -1.93. The molecule has 0 heterocycles. The van der Waals surface area contributed by atoms with E-state index in [1.807, 2.05) is 0 Å². The lowest BCUT2D eigenvalue weighted by molar-refractivity contribution is -0.137. The third-order valence-electron chi connectivity index (χ3n) is 4.99. The molecule has 0 fully saturated rings. The molecule has 0 aromatic heterocycles. The van der Waals surface area contributed by atoms with Crippen molar-refractivity contribution in [2.75, 3.05) is 0 Å². The number of halogens is 1. The number of carboxylic acid groups (broad SMARTS) is 1.